The van der Waals surface area contributed by atoms with Gasteiger partial charge in [-0.1, -0.05) is 0 Å². The molecule has 0 aromatic carbocycles. The van der Waals surface area contributed by atoms with Gasteiger partial charge >= 0.3 is 5.97 Å². The van der Waals surface area contributed by atoms with Gasteiger partial charge in [0.2, 0.25) is 5.91 Å². The van der Waals surface area contributed by atoms with Crippen LogP contribution < -0.4 is 5.32 Å². The summed E-state index contributed by atoms with van der Waals surface area (Å²) in [6, 6.07) is 3.56. The van der Waals surface area contributed by atoms with E-state index >= 15 is 0 Å². The van der Waals surface area contributed by atoms with Gasteiger partial charge < -0.3 is 14.8 Å². The zero-order valence-corrected chi connectivity index (χ0v) is 9.44. The lowest BCUT2D eigenvalue weighted by molar-refractivity contribution is -0.151. The Balaban J connectivity index is 1.83. The van der Waals surface area contributed by atoms with Crippen molar-refractivity contribution in [1.29, 1.82) is 0 Å². The Morgan fingerprint density at radius 1 is 1.47 bits per heavy atom. The highest BCUT2D eigenvalue weighted by Crippen LogP contribution is 2.32. The van der Waals surface area contributed by atoms with Gasteiger partial charge in [0.15, 0.2) is 0 Å². The van der Waals surface area contributed by atoms with Gasteiger partial charge in [-0.3, -0.25) is 4.79 Å². The van der Waals surface area contributed by atoms with Crippen molar-refractivity contribution in [2.75, 3.05) is 0 Å². The van der Waals surface area contributed by atoms with Crippen LogP contribution in [0.5, 0.6) is 0 Å². The second kappa shape index (κ2) is 4.61. The van der Waals surface area contributed by atoms with Crippen molar-refractivity contribution in [3.05, 3.63) is 24.2 Å². The highest BCUT2D eigenvalue weighted by Gasteiger charge is 2.45. The van der Waals surface area contributed by atoms with E-state index in [1.165, 1.54) is 0 Å². The van der Waals surface area contributed by atoms with E-state index in [2.05, 4.69) is 5.32 Å². The minimum atomic E-state index is -1.01. The summed E-state index contributed by atoms with van der Waals surface area (Å²) in [5.41, 5.74) is -1.01. The molecule has 2 N–H and O–H groups in total. The highest BCUT2D eigenvalue weighted by molar-refractivity contribution is 5.87. The van der Waals surface area contributed by atoms with E-state index in [4.69, 9.17) is 9.52 Å². The molecule has 2 rings (SSSR count). The maximum Gasteiger partial charge on any atom is 0.329 e. The summed E-state index contributed by atoms with van der Waals surface area (Å²) in [6.45, 7) is 0. The van der Waals surface area contributed by atoms with E-state index in [9.17, 15) is 9.59 Å². The second-order valence-corrected chi connectivity index (χ2v) is 4.37. The van der Waals surface area contributed by atoms with E-state index in [-0.39, 0.29) is 12.3 Å². The van der Waals surface area contributed by atoms with Gasteiger partial charge in [-0.2, -0.15) is 0 Å². The summed E-state index contributed by atoms with van der Waals surface area (Å²) < 4.78 is 5.11. The number of carboxylic acid groups (broad SMARTS) is 1. The molecule has 0 bridgehead atoms. The molecule has 1 aromatic rings. The number of nitrogens with one attached hydrogen (secondary N) is 1. The van der Waals surface area contributed by atoms with Crippen molar-refractivity contribution in [3.63, 3.8) is 0 Å². The molecule has 0 saturated heterocycles. The van der Waals surface area contributed by atoms with Gasteiger partial charge in [-0.05, 0) is 31.4 Å². The Bertz CT molecular complexity index is 406. The Kier molecular flexibility index (Phi) is 3.17. The topological polar surface area (TPSA) is 79.5 Å². The minimum absolute atomic E-state index is 0.233. The van der Waals surface area contributed by atoms with Gasteiger partial charge in [-0.25, -0.2) is 4.79 Å². The van der Waals surface area contributed by atoms with Crippen molar-refractivity contribution in [2.45, 2.75) is 37.6 Å². The zero-order valence-electron chi connectivity index (χ0n) is 9.44. The van der Waals surface area contributed by atoms with E-state index in [0.717, 1.165) is 12.2 Å². The molecule has 1 aliphatic rings. The normalized spacial score (nSPS) is 17.2. The van der Waals surface area contributed by atoms with Crippen molar-refractivity contribution in [1.82, 2.24) is 5.32 Å². The molecule has 1 fully saturated rings. The predicted molar refractivity (Wildman–Crippen MR) is 59.4 cm³/mol. The average Bonchev–Trinajstić information content (AvgIpc) is 2.72. The van der Waals surface area contributed by atoms with Crippen molar-refractivity contribution in [3.8, 4) is 0 Å². The number of rotatable bonds is 5. The summed E-state index contributed by atoms with van der Waals surface area (Å²) in [4.78, 5) is 22.7. The maximum atomic E-state index is 11.6. The Morgan fingerprint density at radius 2 is 2.24 bits per heavy atom. The Hall–Kier alpha value is -1.78. The highest BCUT2D eigenvalue weighted by atomic mass is 16.4. The monoisotopic (exact) mass is 237 g/mol. The molecule has 0 radical (unpaired) electrons. The largest absolute Gasteiger partial charge is 0.480 e. The van der Waals surface area contributed by atoms with E-state index < -0.39 is 11.5 Å². The first kappa shape index (κ1) is 11.7. The lowest BCUT2D eigenvalue weighted by Gasteiger charge is -2.38. The molecule has 17 heavy (non-hydrogen) atoms. The summed E-state index contributed by atoms with van der Waals surface area (Å²) in [6.07, 6.45) is 4.20. The third-order valence-electron chi connectivity index (χ3n) is 3.17. The zero-order chi connectivity index (χ0) is 12.3. The molecular weight excluding hydrogens is 222 g/mol. The molecular formula is C12H15NO4. The van der Waals surface area contributed by atoms with Gasteiger partial charge in [0, 0.05) is 12.8 Å². The SMILES string of the molecule is O=C(CCc1ccco1)NC1(C(=O)O)CCC1. The van der Waals surface area contributed by atoms with Crippen molar-refractivity contribution < 1.29 is 19.1 Å². The number of aliphatic carboxylic acids is 1. The van der Waals surface area contributed by atoms with Crippen LogP contribution in [0.3, 0.4) is 0 Å². The number of carboxylic acids is 1. The lowest BCUT2D eigenvalue weighted by Crippen LogP contribution is -2.59. The average molecular weight is 237 g/mol. The number of hydrogen-bond donors (Lipinski definition) is 2. The summed E-state index contributed by atoms with van der Waals surface area (Å²) in [5, 5.41) is 11.7. The molecule has 92 valence electrons. The van der Waals surface area contributed by atoms with E-state index in [1.54, 1.807) is 18.4 Å². The molecule has 0 atom stereocenters. The first-order valence-electron chi connectivity index (χ1n) is 5.69. The molecule has 1 aliphatic carbocycles. The molecule has 1 saturated carbocycles. The van der Waals surface area contributed by atoms with Crippen LogP contribution in [0.15, 0.2) is 22.8 Å². The summed E-state index contributed by atoms with van der Waals surface area (Å²) >= 11 is 0. The van der Waals surface area contributed by atoms with Gasteiger partial charge in [0.25, 0.3) is 0 Å². The van der Waals surface area contributed by atoms with Crippen LogP contribution >= 0.6 is 0 Å². The third kappa shape index (κ3) is 2.49. The number of amides is 1. The first-order chi connectivity index (χ1) is 8.12. The summed E-state index contributed by atoms with van der Waals surface area (Å²) in [5.74, 6) is -0.434. The molecule has 1 aromatic heterocycles. The molecule has 1 heterocycles. The van der Waals surface area contributed by atoms with E-state index in [1.807, 2.05) is 0 Å². The van der Waals surface area contributed by atoms with Gasteiger partial charge in [0.1, 0.15) is 11.3 Å². The second-order valence-electron chi connectivity index (χ2n) is 4.37. The Morgan fingerprint density at radius 3 is 2.71 bits per heavy atom. The van der Waals surface area contributed by atoms with E-state index in [0.29, 0.717) is 19.3 Å². The summed E-state index contributed by atoms with van der Waals surface area (Å²) in [7, 11) is 0. The molecule has 0 spiro atoms. The standard InChI is InChI=1S/C12H15NO4/c14-10(5-4-9-3-1-8-17-9)13-12(11(15)16)6-2-7-12/h1,3,8H,2,4-7H2,(H,13,14)(H,15,16). The fourth-order valence-electron chi connectivity index (χ4n) is 1.94. The number of carbonyl (C=O) groups excluding carboxylic acids is 1. The lowest BCUT2D eigenvalue weighted by atomic mass is 9.76. The third-order valence-corrected chi connectivity index (χ3v) is 3.17. The molecule has 1 amide bonds. The molecule has 0 aliphatic heterocycles. The molecule has 5 heteroatoms. The number of aryl methyl sites for hydroxylation is 1. The number of carbonyl (C=O) groups is 2. The number of furan rings is 1. The minimum Gasteiger partial charge on any atom is -0.480 e. The van der Waals surface area contributed by atoms with Gasteiger partial charge in [0.05, 0.1) is 6.26 Å². The first-order valence-corrected chi connectivity index (χ1v) is 5.69. The van der Waals surface area contributed by atoms with Crippen LogP contribution in [0.2, 0.25) is 0 Å². The van der Waals surface area contributed by atoms with Crippen molar-refractivity contribution in [2.24, 2.45) is 0 Å². The number of hydrogen-bond acceptors (Lipinski definition) is 3. The Labute approximate surface area is 98.8 Å². The fraction of sp³-hybridized carbons (Fsp3) is 0.500. The quantitative estimate of drug-likeness (QED) is 0.809. The molecule has 5 nitrogen and oxygen atoms in total. The van der Waals surface area contributed by atoms with Gasteiger partial charge in [-0.15, -0.1) is 0 Å². The van der Waals surface area contributed by atoms with Crippen molar-refractivity contribution >= 4 is 11.9 Å². The maximum absolute atomic E-state index is 11.6. The van der Waals surface area contributed by atoms with Crippen LogP contribution in [-0.4, -0.2) is 22.5 Å². The predicted octanol–water partition coefficient (Wildman–Crippen LogP) is 1.34. The molecule has 0 unspecified atom stereocenters. The van der Waals surface area contributed by atoms with Crippen LogP contribution in [0.1, 0.15) is 31.4 Å². The van der Waals surface area contributed by atoms with Crippen LogP contribution in [0.25, 0.3) is 0 Å². The fourth-order valence-corrected chi connectivity index (χ4v) is 1.94. The van der Waals surface area contributed by atoms with Crippen LogP contribution in [-0.2, 0) is 16.0 Å². The van der Waals surface area contributed by atoms with Crippen LogP contribution in [0.4, 0.5) is 0 Å². The van der Waals surface area contributed by atoms with Crippen LogP contribution in [0, 0.1) is 0 Å². The smallest absolute Gasteiger partial charge is 0.329 e.